The number of benzene rings is 1. The van der Waals surface area contributed by atoms with Gasteiger partial charge < -0.3 is 4.90 Å². The number of carbonyl (C=O) groups is 1. The molecular weight excluding hydrogens is 362 g/mol. The summed E-state index contributed by atoms with van der Waals surface area (Å²) in [5, 5.41) is 0. The zero-order valence-corrected chi connectivity index (χ0v) is 15.8. The first-order valence-electron chi connectivity index (χ1n) is 9.13. The van der Waals surface area contributed by atoms with Gasteiger partial charge in [-0.2, -0.15) is 0 Å². The molecule has 1 fully saturated rings. The van der Waals surface area contributed by atoms with E-state index in [9.17, 15) is 4.79 Å². The Morgan fingerprint density at radius 1 is 1.21 bits per heavy atom. The molecule has 0 spiro atoms. The molecule has 4 rings (SSSR count). The number of hydrogen-bond acceptors (Lipinski definition) is 2. The van der Waals surface area contributed by atoms with Gasteiger partial charge in [0.15, 0.2) is 5.78 Å². The summed E-state index contributed by atoms with van der Waals surface area (Å²) in [6.07, 6.45) is 14.3. The topological polar surface area (TPSA) is 20.3 Å². The van der Waals surface area contributed by atoms with Crippen molar-refractivity contribution in [2.75, 3.05) is 11.4 Å². The van der Waals surface area contributed by atoms with Gasteiger partial charge in [-0.05, 0) is 43.5 Å². The molecule has 2 atom stereocenters. The monoisotopic (exact) mass is 385 g/mol. The number of Topliss-reactive ketones (excluding diaryl/α,β-unsaturated/α-hetero) is 1. The highest BCUT2D eigenvalue weighted by Gasteiger charge is 2.40. The Hall–Kier alpha value is -1.35. The summed E-state index contributed by atoms with van der Waals surface area (Å²) in [6, 6.07) is 6.75. The number of allylic oxidation sites excluding steroid dienone is 2. The molecule has 0 N–H and O–H groups in total. The fraction of sp³-hybridized carbons (Fsp3) is 0.476. The van der Waals surface area contributed by atoms with Crippen LogP contribution in [0.4, 0.5) is 5.69 Å². The number of alkyl halides is 1. The molecule has 1 saturated carbocycles. The Morgan fingerprint density at radius 2 is 1.96 bits per heavy atom. The minimum atomic E-state index is -0.343. The number of rotatable bonds is 3. The third-order valence-electron chi connectivity index (χ3n) is 5.82. The van der Waals surface area contributed by atoms with E-state index < -0.39 is 0 Å². The lowest BCUT2D eigenvalue weighted by atomic mass is 9.82. The predicted molar refractivity (Wildman–Crippen MR) is 103 cm³/mol. The van der Waals surface area contributed by atoms with Gasteiger partial charge in [0.2, 0.25) is 0 Å². The zero-order chi connectivity index (χ0) is 16.7. The quantitative estimate of drug-likeness (QED) is 0.513. The van der Waals surface area contributed by atoms with Crippen LogP contribution in [0.3, 0.4) is 0 Å². The molecule has 0 saturated heterocycles. The van der Waals surface area contributed by atoms with Gasteiger partial charge in [0.25, 0.3) is 0 Å². The standard InChI is InChI=1S/C21H24BrNO/c1-2-23-18-9-5-4-8-16(18)17-14-15(10-11-19(17)23)20(24)21(22)12-6-3-7-13-21/h4-5,8-11,14,16,18H,2-3,6-7,12-13H2,1H3. The van der Waals surface area contributed by atoms with Crippen LogP contribution < -0.4 is 4.90 Å². The molecule has 0 bridgehead atoms. The minimum absolute atomic E-state index is 0.270. The molecule has 0 amide bonds. The first-order valence-corrected chi connectivity index (χ1v) is 9.93. The van der Waals surface area contributed by atoms with Gasteiger partial charge in [-0.25, -0.2) is 0 Å². The van der Waals surface area contributed by atoms with Gasteiger partial charge in [0.1, 0.15) is 0 Å². The molecule has 1 aromatic rings. The summed E-state index contributed by atoms with van der Waals surface area (Å²) < 4.78 is -0.343. The fourth-order valence-electron chi connectivity index (χ4n) is 4.54. The fourth-order valence-corrected chi connectivity index (χ4v) is 5.33. The van der Waals surface area contributed by atoms with E-state index in [0.717, 1.165) is 37.8 Å². The smallest absolute Gasteiger partial charge is 0.179 e. The number of anilines is 1. The van der Waals surface area contributed by atoms with Gasteiger partial charge in [-0.1, -0.05) is 59.5 Å². The molecule has 0 aromatic heterocycles. The first-order chi connectivity index (χ1) is 11.6. The first kappa shape index (κ1) is 16.1. The number of hydrogen-bond donors (Lipinski definition) is 0. The number of halogens is 1. The van der Waals surface area contributed by atoms with Gasteiger partial charge in [-0.15, -0.1) is 0 Å². The van der Waals surface area contributed by atoms with Crippen molar-refractivity contribution < 1.29 is 4.79 Å². The second-order valence-electron chi connectivity index (χ2n) is 7.20. The second-order valence-corrected chi connectivity index (χ2v) is 8.72. The van der Waals surface area contributed by atoms with Crippen molar-refractivity contribution in [3.63, 3.8) is 0 Å². The lowest BCUT2D eigenvalue weighted by Gasteiger charge is -2.30. The van der Waals surface area contributed by atoms with Crippen LogP contribution in [0.15, 0.2) is 42.5 Å². The van der Waals surface area contributed by atoms with Crippen LogP contribution in [0.25, 0.3) is 0 Å². The van der Waals surface area contributed by atoms with E-state index in [2.05, 4.69) is 64.2 Å². The largest absolute Gasteiger partial charge is 0.364 e. The molecular formula is C21H24BrNO. The minimum Gasteiger partial charge on any atom is -0.364 e. The van der Waals surface area contributed by atoms with E-state index in [1.54, 1.807) is 0 Å². The number of fused-ring (bicyclic) bond motifs is 3. The summed E-state index contributed by atoms with van der Waals surface area (Å²) in [6.45, 7) is 3.19. The molecule has 1 heterocycles. The van der Waals surface area contributed by atoms with Gasteiger partial charge in [-0.3, -0.25) is 4.79 Å². The van der Waals surface area contributed by atoms with E-state index in [1.165, 1.54) is 17.7 Å². The number of carbonyl (C=O) groups excluding carboxylic acids is 1. The van der Waals surface area contributed by atoms with Crippen LogP contribution >= 0.6 is 15.9 Å². The normalized spacial score (nSPS) is 27.0. The Kier molecular flexibility index (Phi) is 4.16. The van der Waals surface area contributed by atoms with E-state index in [-0.39, 0.29) is 10.1 Å². The van der Waals surface area contributed by atoms with Crippen molar-refractivity contribution in [1.82, 2.24) is 0 Å². The van der Waals surface area contributed by atoms with Crippen molar-refractivity contribution in [2.45, 2.75) is 55.3 Å². The highest BCUT2D eigenvalue weighted by Crippen LogP contribution is 2.45. The third-order valence-corrected chi connectivity index (χ3v) is 6.97. The summed E-state index contributed by atoms with van der Waals surface area (Å²) in [7, 11) is 0. The zero-order valence-electron chi connectivity index (χ0n) is 14.2. The molecule has 2 aliphatic carbocycles. The second kappa shape index (κ2) is 6.18. The summed E-state index contributed by atoms with van der Waals surface area (Å²) in [5.74, 6) is 0.641. The third kappa shape index (κ3) is 2.48. The Balaban J connectivity index is 1.70. The SMILES string of the molecule is CCN1c2ccc(C(=O)C3(Br)CCCCC3)cc2C2C=CC=CC21. The molecule has 2 nitrogen and oxygen atoms in total. The maximum atomic E-state index is 13.1. The van der Waals surface area contributed by atoms with E-state index in [4.69, 9.17) is 0 Å². The van der Waals surface area contributed by atoms with E-state index in [1.807, 2.05) is 6.07 Å². The molecule has 3 aliphatic rings. The van der Waals surface area contributed by atoms with Crippen molar-refractivity contribution in [3.8, 4) is 0 Å². The maximum absolute atomic E-state index is 13.1. The maximum Gasteiger partial charge on any atom is 0.179 e. The highest BCUT2D eigenvalue weighted by atomic mass is 79.9. The Morgan fingerprint density at radius 3 is 2.71 bits per heavy atom. The van der Waals surface area contributed by atoms with Crippen molar-refractivity contribution in [2.24, 2.45) is 0 Å². The summed E-state index contributed by atoms with van der Waals surface area (Å²) in [5.41, 5.74) is 3.46. The van der Waals surface area contributed by atoms with Crippen LogP contribution in [0.2, 0.25) is 0 Å². The number of likely N-dealkylation sites (N-methyl/N-ethyl adjacent to an activating group) is 1. The van der Waals surface area contributed by atoms with Crippen LogP contribution in [-0.4, -0.2) is 22.7 Å². The highest BCUT2D eigenvalue weighted by molar-refractivity contribution is 9.10. The van der Waals surface area contributed by atoms with Gasteiger partial charge in [0, 0.05) is 23.7 Å². The summed E-state index contributed by atoms with van der Waals surface area (Å²) in [4.78, 5) is 15.6. The average Bonchev–Trinajstić information content (AvgIpc) is 2.94. The van der Waals surface area contributed by atoms with Crippen molar-refractivity contribution in [1.29, 1.82) is 0 Å². The van der Waals surface area contributed by atoms with Crippen molar-refractivity contribution >= 4 is 27.4 Å². The average molecular weight is 386 g/mol. The Labute approximate surface area is 152 Å². The number of ketones is 1. The molecule has 0 radical (unpaired) electrons. The predicted octanol–water partition coefficient (Wildman–Crippen LogP) is 5.39. The van der Waals surface area contributed by atoms with E-state index in [0.29, 0.717) is 12.0 Å². The van der Waals surface area contributed by atoms with E-state index >= 15 is 0 Å². The molecule has 1 aromatic carbocycles. The Bertz CT molecular complexity index is 715. The van der Waals surface area contributed by atoms with Crippen LogP contribution in [-0.2, 0) is 0 Å². The molecule has 3 heteroatoms. The molecule has 126 valence electrons. The van der Waals surface area contributed by atoms with Crippen molar-refractivity contribution in [3.05, 3.63) is 53.6 Å². The number of nitrogens with zero attached hydrogens (tertiary/aromatic N) is 1. The van der Waals surface area contributed by atoms with Gasteiger partial charge in [0.05, 0.1) is 10.4 Å². The molecule has 1 aliphatic heterocycles. The lowest BCUT2D eigenvalue weighted by Crippen LogP contribution is -2.34. The molecule has 24 heavy (non-hydrogen) atoms. The van der Waals surface area contributed by atoms with Gasteiger partial charge >= 0.3 is 0 Å². The summed E-state index contributed by atoms with van der Waals surface area (Å²) >= 11 is 3.79. The van der Waals surface area contributed by atoms with Crippen LogP contribution in [0.5, 0.6) is 0 Å². The van der Waals surface area contributed by atoms with Crippen LogP contribution in [0, 0.1) is 0 Å². The lowest BCUT2D eigenvalue weighted by molar-refractivity contribution is 0.0923. The molecule has 2 unspecified atom stereocenters. The van der Waals surface area contributed by atoms with Crippen LogP contribution in [0.1, 0.15) is 60.9 Å².